The lowest BCUT2D eigenvalue weighted by Gasteiger charge is -2.32. The fourth-order valence-corrected chi connectivity index (χ4v) is 4.34. The van der Waals surface area contributed by atoms with Crippen molar-refractivity contribution in [3.05, 3.63) is 47.1 Å². The van der Waals surface area contributed by atoms with E-state index in [1.54, 1.807) is 26.4 Å². The van der Waals surface area contributed by atoms with Gasteiger partial charge in [0.05, 0.1) is 14.2 Å². The molecule has 2 aliphatic carbocycles. The van der Waals surface area contributed by atoms with Crippen LogP contribution in [-0.4, -0.2) is 38.5 Å². The molecule has 1 spiro atoms. The van der Waals surface area contributed by atoms with Crippen molar-refractivity contribution in [1.29, 1.82) is 0 Å². The van der Waals surface area contributed by atoms with Crippen LogP contribution in [0, 0.1) is 0 Å². The van der Waals surface area contributed by atoms with Crippen LogP contribution in [-0.2, 0) is 16.6 Å². The number of hydrogen-bond donors (Lipinski definition) is 0. The van der Waals surface area contributed by atoms with Gasteiger partial charge in [-0.3, -0.25) is 9.69 Å². The number of ether oxygens (including phenoxy) is 2. The van der Waals surface area contributed by atoms with Crippen molar-refractivity contribution >= 4 is 18.2 Å². The smallest absolute Gasteiger partial charge is 0.178 e. The van der Waals surface area contributed by atoms with E-state index in [1.807, 2.05) is 12.2 Å². The minimum atomic E-state index is -0.277. The third-order valence-corrected chi connectivity index (χ3v) is 5.48. The van der Waals surface area contributed by atoms with Crippen LogP contribution in [0.5, 0.6) is 11.5 Å². The van der Waals surface area contributed by atoms with E-state index in [-0.39, 0.29) is 23.6 Å². The van der Waals surface area contributed by atoms with Crippen LogP contribution in [0.15, 0.2) is 30.4 Å². The summed E-state index contributed by atoms with van der Waals surface area (Å²) in [6.07, 6.45) is 9.40. The Morgan fingerprint density at radius 2 is 1.92 bits per heavy atom. The Morgan fingerprint density at radius 1 is 1.21 bits per heavy atom. The number of rotatable bonds is 2. The van der Waals surface area contributed by atoms with Crippen molar-refractivity contribution in [2.45, 2.75) is 24.3 Å². The van der Waals surface area contributed by atoms with E-state index >= 15 is 0 Å². The summed E-state index contributed by atoms with van der Waals surface area (Å²) in [5.41, 5.74) is 3.60. The number of nitrogens with zero attached hydrogens (tertiary/aromatic N) is 1. The number of hydrogen-bond acceptors (Lipinski definition) is 4. The van der Waals surface area contributed by atoms with Gasteiger partial charge >= 0.3 is 0 Å². The first-order valence-electron chi connectivity index (χ1n) is 8.00. The van der Waals surface area contributed by atoms with Crippen LogP contribution in [0.2, 0.25) is 0 Å². The molecule has 1 aliphatic heterocycles. The molecule has 1 aromatic carbocycles. The highest BCUT2D eigenvalue weighted by Gasteiger charge is 2.48. The van der Waals surface area contributed by atoms with Crippen LogP contribution in [0.25, 0.3) is 0 Å². The van der Waals surface area contributed by atoms with Gasteiger partial charge in [0, 0.05) is 23.6 Å². The predicted molar refractivity (Wildman–Crippen MR) is 95.5 cm³/mol. The van der Waals surface area contributed by atoms with Crippen LogP contribution >= 0.6 is 12.4 Å². The first-order chi connectivity index (χ1) is 11.1. The van der Waals surface area contributed by atoms with E-state index in [0.717, 1.165) is 30.9 Å². The fraction of sp³-hybridized carbons (Fsp3) is 0.421. The Balaban J connectivity index is 0.00000169. The lowest BCUT2D eigenvalue weighted by Crippen LogP contribution is -2.31. The molecule has 0 aromatic heterocycles. The van der Waals surface area contributed by atoms with Crippen molar-refractivity contribution in [1.82, 2.24) is 4.90 Å². The summed E-state index contributed by atoms with van der Waals surface area (Å²) >= 11 is 0. The van der Waals surface area contributed by atoms with Gasteiger partial charge in [-0.25, -0.2) is 0 Å². The van der Waals surface area contributed by atoms with Crippen LogP contribution in [0.3, 0.4) is 0 Å². The lowest BCUT2D eigenvalue weighted by molar-refractivity contribution is -0.110. The largest absolute Gasteiger partial charge is 0.493 e. The molecule has 0 bridgehead atoms. The summed E-state index contributed by atoms with van der Waals surface area (Å²) < 4.78 is 11.3. The number of carbonyl (C=O) groups is 1. The number of ketones is 1. The Labute approximate surface area is 148 Å². The summed E-state index contributed by atoms with van der Waals surface area (Å²) in [5, 5.41) is 0. The van der Waals surface area contributed by atoms with E-state index in [0.29, 0.717) is 6.04 Å². The van der Waals surface area contributed by atoms with Crippen LogP contribution in [0.1, 0.15) is 29.2 Å². The van der Waals surface area contributed by atoms with E-state index < -0.39 is 0 Å². The summed E-state index contributed by atoms with van der Waals surface area (Å²) in [4.78, 5) is 14.1. The molecule has 0 radical (unpaired) electrons. The van der Waals surface area contributed by atoms with Crippen LogP contribution < -0.4 is 9.47 Å². The third-order valence-electron chi connectivity index (χ3n) is 5.48. The van der Waals surface area contributed by atoms with E-state index in [1.165, 1.54) is 16.7 Å². The third kappa shape index (κ3) is 2.20. The molecule has 4 nitrogen and oxygen atoms in total. The van der Waals surface area contributed by atoms with Gasteiger partial charge in [0.25, 0.3) is 0 Å². The maximum Gasteiger partial charge on any atom is 0.178 e. The maximum absolute atomic E-state index is 11.6. The maximum atomic E-state index is 11.6. The molecule has 24 heavy (non-hydrogen) atoms. The Bertz CT molecular complexity index is 737. The van der Waals surface area contributed by atoms with Gasteiger partial charge < -0.3 is 9.47 Å². The second-order valence-corrected chi connectivity index (χ2v) is 6.62. The number of benzene rings is 1. The zero-order valence-electron chi connectivity index (χ0n) is 14.2. The molecule has 1 heterocycles. The first kappa shape index (κ1) is 17.1. The topological polar surface area (TPSA) is 38.8 Å². The summed E-state index contributed by atoms with van der Waals surface area (Å²) in [7, 11) is 5.55. The van der Waals surface area contributed by atoms with Gasteiger partial charge in [0.2, 0.25) is 0 Å². The second kappa shape index (κ2) is 5.94. The minimum absolute atomic E-state index is 0. The number of fused-ring (bicyclic) bond motifs is 1. The Morgan fingerprint density at radius 3 is 2.54 bits per heavy atom. The second-order valence-electron chi connectivity index (χ2n) is 6.62. The minimum Gasteiger partial charge on any atom is -0.493 e. The number of likely N-dealkylation sites (N-methyl/N-ethyl adjacent to an activating group) is 1. The molecule has 128 valence electrons. The average Bonchev–Trinajstić information content (AvgIpc) is 2.90. The molecule has 1 atom stereocenters. The van der Waals surface area contributed by atoms with Crippen molar-refractivity contribution < 1.29 is 14.3 Å². The summed E-state index contributed by atoms with van der Waals surface area (Å²) in [5.74, 6) is 1.63. The van der Waals surface area contributed by atoms with E-state index in [9.17, 15) is 4.79 Å². The number of allylic oxidation sites excluding steroid dienone is 4. The predicted octanol–water partition coefficient (Wildman–Crippen LogP) is 2.99. The average molecular weight is 348 g/mol. The van der Waals surface area contributed by atoms with Gasteiger partial charge in [-0.1, -0.05) is 12.2 Å². The highest BCUT2D eigenvalue weighted by molar-refractivity contribution is 6.01. The zero-order valence-corrected chi connectivity index (χ0v) is 15.0. The Hall–Kier alpha value is -1.78. The molecule has 0 saturated carbocycles. The van der Waals surface area contributed by atoms with Crippen LogP contribution in [0.4, 0.5) is 0 Å². The summed E-state index contributed by atoms with van der Waals surface area (Å²) in [6.45, 7) is 1.04. The van der Waals surface area contributed by atoms with Gasteiger partial charge in [0.15, 0.2) is 17.3 Å². The van der Waals surface area contributed by atoms with Gasteiger partial charge in [0.1, 0.15) is 0 Å². The zero-order chi connectivity index (χ0) is 16.2. The van der Waals surface area contributed by atoms with Crippen molar-refractivity contribution in [2.75, 3.05) is 27.8 Å². The van der Waals surface area contributed by atoms with Crippen molar-refractivity contribution in [3.8, 4) is 11.5 Å². The molecule has 0 amide bonds. The number of halogens is 1. The number of carbonyl (C=O) groups excluding carboxylic acids is 1. The molecule has 4 rings (SSSR count). The Kier molecular flexibility index (Phi) is 4.22. The molecular weight excluding hydrogens is 326 g/mol. The highest BCUT2D eigenvalue weighted by Crippen LogP contribution is 2.58. The van der Waals surface area contributed by atoms with Gasteiger partial charge in [-0.05, 0) is 49.2 Å². The van der Waals surface area contributed by atoms with Crippen molar-refractivity contribution in [2.24, 2.45) is 0 Å². The standard InChI is InChI=1S/C19H21NO3.ClH/c1-20-9-6-12-10-15(22-2)18(23-3)17-16(12)14(20)11-19(17)7-4-13(21)5-8-19;/h4-5,7-8,10,14H,6,9,11H2,1-3H3;1H/t14-;/m1./s1. The molecule has 3 aliphatic rings. The quantitative estimate of drug-likeness (QED) is 0.824. The van der Waals surface area contributed by atoms with Gasteiger partial charge in [-0.15, -0.1) is 12.4 Å². The first-order valence-corrected chi connectivity index (χ1v) is 8.00. The van der Waals surface area contributed by atoms with E-state index in [4.69, 9.17) is 9.47 Å². The molecule has 0 N–H and O–H groups in total. The van der Waals surface area contributed by atoms with Crippen molar-refractivity contribution in [3.63, 3.8) is 0 Å². The molecule has 0 saturated heterocycles. The molecule has 0 fully saturated rings. The lowest BCUT2D eigenvalue weighted by atomic mass is 9.77. The molecule has 0 unspecified atom stereocenters. The van der Waals surface area contributed by atoms with E-state index in [2.05, 4.69) is 18.0 Å². The monoisotopic (exact) mass is 347 g/mol. The molecule has 1 aromatic rings. The highest BCUT2D eigenvalue weighted by atomic mass is 35.5. The normalized spacial score (nSPS) is 23.1. The summed E-state index contributed by atoms with van der Waals surface area (Å²) in [6, 6.07) is 2.48. The fourth-order valence-electron chi connectivity index (χ4n) is 4.34. The SMILES string of the molecule is COc1cc2c3c(c1OC)C1(C=CC(=O)C=C1)C[C@H]3N(C)CC2.Cl. The van der Waals surface area contributed by atoms with Gasteiger partial charge in [-0.2, -0.15) is 0 Å². The molecular formula is C19H22ClNO3. The molecule has 5 heteroatoms. The number of methoxy groups -OCH3 is 2.